The Morgan fingerprint density at radius 1 is 1.02 bits per heavy atom. The van der Waals surface area contributed by atoms with Crippen molar-refractivity contribution in [1.29, 1.82) is 0 Å². The first kappa shape index (κ1) is 34.0. The summed E-state index contributed by atoms with van der Waals surface area (Å²) in [4.78, 5) is 67.0. The lowest BCUT2D eigenvalue weighted by atomic mass is 10.0. The summed E-state index contributed by atoms with van der Waals surface area (Å²) in [5, 5.41) is 5.09. The van der Waals surface area contributed by atoms with E-state index in [1.807, 2.05) is 0 Å². The molecule has 1 aliphatic rings. The van der Waals surface area contributed by atoms with E-state index in [1.165, 1.54) is 30.0 Å². The second-order valence-electron chi connectivity index (χ2n) is 11.5. The van der Waals surface area contributed by atoms with Crippen LogP contribution in [-0.2, 0) is 27.0 Å². The summed E-state index contributed by atoms with van der Waals surface area (Å²) < 4.78 is 53.0. The molecule has 0 unspecified atom stereocenters. The molecule has 0 bridgehead atoms. The number of hydrogen-bond donors (Lipinski definition) is 2. The van der Waals surface area contributed by atoms with E-state index in [0.717, 1.165) is 30.0 Å². The number of halogens is 3. The minimum Gasteiger partial charge on any atom is -0.467 e. The van der Waals surface area contributed by atoms with E-state index < -0.39 is 58.6 Å². The number of aromatic nitrogens is 2. The molecule has 0 saturated carbocycles. The highest BCUT2D eigenvalue weighted by molar-refractivity contribution is 5.96. The number of ether oxygens (including phenoxy) is 2. The van der Waals surface area contributed by atoms with Crippen LogP contribution in [0.3, 0.4) is 0 Å². The summed E-state index contributed by atoms with van der Waals surface area (Å²) in [7, 11) is 1.11. The number of benzene rings is 2. The van der Waals surface area contributed by atoms with Gasteiger partial charge in [0.25, 0.3) is 11.5 Å². The molecule has 0 radical (unpaired) electrons. The highest BCUT2D eigenvalue weighted by atomic mass is 19.4. The highest BCUT2D eigenvalue weighted by Crippen LogP contribution is 2.33. The predicted octanol–water partition coefficient (Wildman–Crippen LogP) is 2.99. The van der Waals surface area contributed by atoms with Crippen LogP contribution in [-0.4, -0.2) is 65.5 Å². The second kappa shape index (κ2) is 13.2. The van der Waals surface area contributed by atoms with E-state index in [1.54, 1.807) is 32.9 Å². The molecule has 1 fully saturated rings. The maximum atomic E-state index is 13.7. The van der Waals surface area contributed by atoms with Crippen molar-refractivity contribution >= 4 is 23.6 Å². The monoisotopic (exact) mass is 645 g/mol. The van der Waals surface area contributed by atoms with Crippen molar-refractivity contribution in [3.63, 3.8) is 0 Å². The van der Waals surface area contributed by atoms with Crippen LogP contribution in [0.4, 0.5) is 23.7 Å². The zero-order valence-corrected chi connectivity index (χ0v) is 25.9. The Hall–Kier alpha value is -4.92. The van der Waals surface area contributed by atoms with E-state index in [-0.39, 0.29) is 29.5 Å². The van der Waals surface area contributed by atoms with Gasteiger partial charge in [0, 0.05) is 25.0 Å². The Morgan fingerprint density at radius 3 is 2.24 bits per heavy atom. The molecular weight excluding hydrogens is 611 g/mol. The molecule has 15 heteroatoms. The average molecular weight is 646 g/mol. The molecule has 0 aliphatic carbocycles. The van der Waals surface area contributed by atoms with Gasteiger partial charge in [-0.2, -0.15) is 13.2 Å². The van der Waals surface area contributed by atoms with Gasteiger partial charge in [-0.05, 0) is 69.2 Å². The van der Waals surface area contributed by atoms with Gasteiger partial charge in [-0.25, -0.2) is 14.4 Å². The minimum atomic E-state index is -4.68. The predicted molar refractivity (Wildman–Crippen MR) is 161 cm³/mol. The summed E-state index contributed by atoms with van der Waals surface area (Å²) in [5.74, 6) is -1.90. The molecule has 4 rings (SSSR count). The van der Waals surface area contributed by atoms with E-state index in [4.69, 9.17) is 9.47 Å². The van der Waals surface area contributed by atoms with Crippen molar-refractivity contribution in [3.05, 3.63) is 91.8 Å². The SMILES string of the molecule is COC(=O)[C@H](COC(C)(C)C)NC(=O)c1cn(-c2ccc(N3CCNC3=O)cc2)c(=O)n(Cc2cccc(C(F)(F)F)c2C)c1=O. The molecule has 2 aromatic carbocycles. The fourth-order valence-electron chi connectivity index (χ4n) is 4.81. The van der Waals surface area contributed by atoms with Gasteiger partial charge in [0.05, 0.1) is 37.1 Å². The van der Waals surface area contributed by atoms with Gasteiger partial charge in [0.2, 0.25) is 0 Å². The number of alkyl halides is 3. The number of carbonyl (C=O) groups excluding carboxylic acids is 3. The first-order valence-corrected chi connectivity index (χ1v) is 14.2. The van der Waals surface area contributed by atoms with E-state index in [2.05, 4.69) is 10.6 Å². The number of nitrogens with zero attached hydrogens (tertiary/aromatic N) is 3. The van der Waals surface area contributed by atoms with Crippen molar-refractivity contribution in [1.82, 2.24) is 19.8 Å². The van der Waals surface area contributed by atoms with Crippen LogP contribution >= 0.6 is 0 Å². The number of rotatable bonds is 9. The van der Waals surface area contributed by atoms with Gasteiger partial charge in [-0.15, -0.1) is 0 Å². The van der Waals surface area contributed by atoms with Gasteiger partial charge in [-0.1, -0.05) is 12.1 Å². The van der Waals surface area contributed by atoms with Crippen LogP contribution in [0, 0.1) is 6.92 Å². The lowest BCUT2D eigenvalue weighted by Crippen LogP contribution is -2.49. The zero-order chi connectivity index (χ0) is 34.0. The van der Waals surface area contributed by atoms with Crippen LogP contribution in [0.5, 0.6) is 0 Å². The van der Waals surface area contributed by atoms with Crippen molar-refractivity contribution < 1.29 is 37.0 Å². The van der Waals surface area contributed by atoms with E-state index in [9.17, 15) is 37.1 Å². The molecule has 2 heterocycles. The number of amides is 3. The van der Waals surface area contributed by atoms with Crippen LogP contribution in [0.25, 0.3) is 5.69 Å². The van der Waals surface area contributed by atoms with Gasteiger partial charge in [0.15, 0.2) is 6.04 Å². The number of urea groups is 1. The van der Waals surface area contributed by atoms with Crippen LogP contribution in [0.1, 0.15) is 47.8 Å². The molecule has 1 aliphatic heterocycles. The van der Waals surface area contributed by atoms with E-state index in [0.29, 0.717) is 23.3 Å². The molecule has 1 aromatic heterocycles. The highest BCUT2D eigenvalue weighted by Gasteiger charge is 2.33. The number of nitrogens with one attached hydrogen (secondary N) is 2. The van der Waals surface area contributed by atoms with Crippen LogP contribution in [0.15, 0.2) is 58.3 Å². The molecule has 0 spiro atoms. The van der Waals surface area contributed by atoms with Crippen LogP contribution < -0.4 is 26.8 Å². The Labute approximate surface area is 261 Å². The number of esters is 1. The van der Waals surface area contributed by atoms with Crippen molar-refractivity contribution in [2.45, 2.75) is 52.1 Å². The molecule has 2 N–H and O–H groups in total. The van der Waals surface area contributed by atoms with Gasteiger partial charge >= 0.3 is 23.9 Å². The third kappa shape index (κ3) is 7.47. The molecule has 3 aromatic rings. The van der Waals surface area contributed by atoms with E-state index >= 15 is 0 Å². The number of methoxy groups -OCH3 is 1. The maximum absolute atomic E-state index is 13.7. The summed E-state index contributed by atoms with van der Waals surface area (Å²) in [6, 6.07) is 7.87. The summed E-state index contributed by atoms with van der Waals surface area (Å²) in [6.45, 7) is 6.40. The number of carbonyl (C=O) groups is 3. The Morgan fingerprint density at radius 2 is 1.67 bits per heavy atom. The first-order chi connectivity index (χ1) is 21.5. The van der Waals surface area contributed by atoms with Crippen LogP contribution in [0.2, 0.25) is 0 Å². The minimum absolute atomic E-state index is 0.0274. The molecule has 1 atom stereocenters. The zero-order valence-electron chi connectivity index (χ0n) is 25.9. The Bertz CT molecular complexity index is 1760. The second-order valence-corrected chi connectivity index (χ2v) is 11.5. The lowest BCUT2D eigenvalue weighted by Gasteiger charge is -2.24. The number of hydrogen-bond acceptors (Lipinski definition) is 7. The van der Waals surface area contributed by atoms with Crippen molar-refractivity contribution in [2.24, 2.45) is 0 Å². The maximum Gasteiger partial charge on any atom is 0.416 e. The first-order valence-electron chi connectivity index (χ1n) is 14.2. The number of anilines is 1. The lowest BCUT2D eigenvalue weighted by molar-refractivity contribution is -0.146. The molecule has 3 amide bonds. The Kier molecular flexibility index (Phi) is 9.75. The average Bonchev–Trinajstić information content (AvgIpc) is 3.42. The summed E-state index contributed by atoms with van der Waals surface area (Å²) in [6.07, 6.45) is -3.69. The molecular formula is C31H34F3N5O7. The topological polar surface area (TPSA) is 141 Å². The van der Waals surface area contributed by atoms with Crippen molar-refractivity contribution in [2.75, 3.05) is 31.7 Å². The molecule has 46 heavy (non-hydrogen) atoms. The molecule has 1 saturated heterocycles. The smallest absolute Gasteiger partial charge is 0.416 e. The quantitative estimate of drug-likeness (QED) is 0.341. The van der Waals surface area contributed by atoms with Gasteiger partial charge in [0.1, 0.15) is 5.56 Å². The third-order valence-electron chi connectivity index (χ3n) is 7.27. The molecule has 246 valence electrons. The van der Waals surface area contributed by atoms with Gasteiger partial charge in [-0.3, -0.25) is 23.6 Å². The fourth-order valence-corrected chi connectivity index (χ4v) is 4.81. The Balaban J connectivity index is 1.82. The summed E-state index contributed by atoms with van der Waals surface area (Å²) >= 11 is 0. The van der Waals surface area contributed by atoms with Crippen molar-refractivity contribution in [3.8, 4) is 5.69 Å². The normalized spacial score (nSPS) is 14.2. The third-order valence-corrected chi connectivity index (χ3v) is 7.27. The largest absolute Gasteiger partial charge is 0.467 e. The van der Waals surface area contributed by atoms with Gasteiger partial charge < -0.3 is 20.1 Å². The summed E-state index contributed by atoms with van der Waals surface area (Å²) in [5.41, 5.74) is -3.69. The standard InChI is InChI=1S/C31H34F3N5O7/c1-18-19(7-6-8-23(18)31(32,33)34)15-39-26(41)22(25(40)36-24(27(42)45-5)17-46-30(2,3)4)16-38(29(39)44)21-11-9-20(10-12-21)37-14-13-35-28(37)43/h6-12,16,24H,13-15,17H2,1-5H3,(H,35,43)(H,36,40)/t24-/m0/s1. The fraction of sp³-hybridized carbons (Fsp3) is 0.387. The molecule has 12 nitrogen and oxygen atoms in total.